The Hall–Kier alpha value is -3.31. The average molecular weight is 439 g/mol. The van der Waals surface area contributed by atoms with Crippen molar-refractivity contribution < 1.29 is 22.4 Å². The fourth-order valence-electron chi connectivity index (χ4n) is 3.15. The maximum Gasteiger partial charge on any atom is 0.405 e. The third kappa shape index (κ3) is 4.28. The second-order valence-electron chi connectivity index (χ2n) is 7.51. The Labute approximate surface area is 175 Å². The van der Waals surface area contributed by atoms with Crippen LogP contribution in [0.4, 0.5) is 23.4 Å². The molecule has 0 aromatic carbocycles. The number of hydrogen-bond donors (Lipinski definition) is 2. The molecule has 166 valence electrons. The molecule has 0 radical (unpaired) electrons. The fraction of sp³-hybridized carbons (Fsp3) is 0.421. The van der Waals surface area contributed by atoms with Crippen LogP contribution >= 0.6 is 0 Å². The first-order valence-corrected chi connectivity index (χ1v) is 9.34. The van der Waals surface area contributed by atoms with Crippen molar-refractivity contribution in [2.75, 3.05) is 18.5 Å². The number of amides is 1. The van der Waals surface area contributed by atoms with E-state index in [1.165, 1.54) is 25.2 Å². The van der Waals surface area contributed by atoms with Crippen molar-refractivity contribution in [2.45, 2.75) is 32.5 Å². The number of aromatic amines is 1. The van der Waals surface area contributed by atoms with Crippen LogP contribution in [0.1, 0.15) is 20.8 Å². The Morgan fingerprint density at radius 1 is 1.26 bits per heavy atom. The molecule has 8 nitrogen and oxygen atoms in total. The summed E-state index contributed by atoms with van der Waals surface area (Å²) in [5, 5.41) is 2.50. The van der Waals surface area contributed by atoms with Crippen LogP contribution in [0.2, 0.25) is 0 Å². The molecule has 0 unspecified atom stereocenters. The van der Waals surface area contributed by atoms with Gasteiger partial charge in [-0.1, -0.05) is 13.8 Å². The number of carbonyl (C=O) groups excluding carboxylic acids is 1. The van der Waals surface area contributed by atoms with E-state index in [-0.39, 0.29) is 11.6 Å². The van der Waals surface area contributed by atoms with Crippen LogP contribution in [-0.4, -0.2) is 56.1 Å². The number of likely N-dealkylation sites (N-methyl/N-ethyl adjacent to an activating group) is 1. The normalized spacial score (nSPS) is 14.0. The molecule has 0 aliphatic rings. The van der Waals surface area contributed by atoms with E-state index in [4.69, 9.17) is 0 Å². The number of halogens is 4. The highest BCUT2D eigenvalue weighted by Gasteiger charge is 2.43. The summed E-state index contributed by atoms with van der Waals surface area (Å²) in [7, 11) is 1.40. The number of hydrogen-bond acceptors (Lipinski definition) is 6. The molecular formula is C19H21F4N7O. The minimum Gasteiger partial charge on any atom is -0.345 e. The highest BCUT2D eigenvalue weighted by Crippen LogP contribution is 2.32. The number of H-pyrrole nitrogens is 1. The van der Waals surface area contributed by atoms with Gasteiger partial charge in [0.15, 0.2) is 17.5 Å². The Balaban J connectivity index is 2.01. The molecular weight excluding hydrogens is 418 g/mol. The van der Waals surface area contributed by atoms with Crippen molar-refractivity contribution in [2.24, 2.45) is 5.92 Å². The Bertz CT molecular complexity index is 1100. The van der Waals surface area contributed by atoms with Crippen LogP contribution in [0, 0.1) is 11.7 Å². The molecule has 12 heteroatoms. The highest BCUT2D eigenvalue weighted by molar-refractivity contribution is 5.92. The number of nitrogens with zero attached hydrogens (tertiary/aromatic N) is 5. The van der Waals surface area contributed by atoms with E-state index in [1.807, 2.05) is 5.32 Å². The number of anilines is 1. The predicted molar refractivity (Wildman–Crippen MR) is 106 cm³/mol. The number of fused-ring (bicyclic) bond motifs is 1. The van der Waals surface area contributed by atoms with Gasteiger partial charge in [-0.25, -0.2) is 24.3 Å². The second kappa shape index (κ2) is 8.08. The zero-order chi connectivity index (χ0) is 23.0. The first-order valence-electron chi connectivity index (χ1n) is 9.34. The van der Waals surface area contributed by atoms with E-state index in [9.17, 15) is 22.4 Å². The summed E-state index contributed by atoms with van der Waals surface area (Å²) in [6, 6.07) is 0. The number of rotatable bonds is 6. The smallest absolute Gasteiger partial charge is 0.345 e. The molecule has 0 saturated carbocycles. The van der Waals surface area contributed by atoms with Gasteiger partial charge in [0.2, 0.25) is 5.91 Å². The van der Waals surface area contributed by atoms with Crippen molar-refractivity contribution in [1.29, 1.82) is 0 Å². The molecule has 0 saturated heterocycles. The van der Waals surface area contributed by atoms with Gasteiger partial charge < -0.3 is 15.2 Å². The average Bonchev–Trinajstić information content (AvgIpc) is 3.14. The van der Waals surface area contributed by atoms with Crippen LogP contribution in [0.5, 0.6) is 0 Å². The topological polar surface area (TPSA) is 99.7 Å². The van der Waals surface area contributed by atoms with E-state index >= 15 is 0 Å². The largest absolute Gasteiger partial charge is 0.405 e. The summed E-state index contributed by atoms with van der Waals surface area (Å²) in [6.45, 7) is 3.25. The van der Waals surface area contributed by atoms with Gasteiger partial charge in [0.25, 0.3) is 0 Å². The summed E-state index contributed by atoms with van der Waals surface area (Å²) in [5.74, 6) is -2.29. The van der Waals surface area contributed by atoms with Crippen molar-refractivity contribution in [3.05, 3.63) is 30.7 Å². The lowest BCUT2D eigenvalue weighted by atomic mass is 9.85. The third-order valence-electron chi connectivity index (χ3n) is 5.37. The minimum atomic E-state index is -4.57. The Kier molecular flexibility index (Phi) is 5.83. The Morgan fingerprint density at radius 3 is 2.61 bits per heavy atom. The van der Waals surface area contributed by atoms with Crippen LogP contribution in [0.15, 0.2) is 24.9 Å². The summed E-state index contributed by atoms with van der Waals surface area (Å²) < 4.78 is 52.5. The zero-order valence-corrected chi connectivity index (χ0v) is 17.3. The molecule has 3 aromatic heterocycles. The van der Waals surface area contributed by atoms with Gasteiger partial charge in [-0.15, -0.1) is 0 Å². The number of carbonyl (C=O) groups is 1. The number of aromatic nitrogens is 5. The van der Waals surface area contributed by atoms with E-state index < -0.39 is 35.9 Å². The summed E-state index contributed by atoms with van der Waals surface area (Å²) in [5.41, 5.74) is -0.481. The maximum absolute atomic E-state index is 14.7. The second-order valence-corrected chi connectivity index (χ2v) is 7.51. The van der Waals surface area contributed by atoms with Crippen LogP contribution in [0.3, 0.4) is 0 Å². The third-order valence-corrected chi connectivity index (χ3v) is 5.37. The molecule has 3 rings (SSSR count). The first kappa shape index (κ1) is 22.4. The van der Waals surface area contributed by atoms with Crippen LogP contribution < -0.4 is 10.2 Å². The lowest BCUT2D eigenvalue weighted by Crippen LogP contribution is -2.60. The van der Waals surface area contributed by atoms with Gasteiger partial charge in [-0.05, 0) is 12.8 Å². The lowest BCUT2D eigenvalue weighted by molar-refractivity contribution is -0.142. The summed E-state index contributed by atoms with van der Waals surface area (Å²) >= 11 is 0. The van der Waals surface area contributed by atoms with E-state index in [0.29, 0.717) is 16.6 Å². The van der Waals surface area contributed by atoms with Crippen molar-refractivity contribution >= 4 is 22.8 Å². The van der Waals surface area contributed by atoms with Gasteiger partial charge in [0, 0.05) is 30.4 Å². The van der Waals surface area contributed by atoms with Crippen molar-refractivity contribution in [3.8, 4) is 11.4 Å². The molecule has 1 amide bonds. The summed E-state index contributed by atoms with van der Waals surface area (Å²) in [6.07, 6.45) is 0.879. The number of alkyl halides is 3. The van der Waals surface area contributed by atoms with Crippen LogP contribution in [0.25, 0.3) is 22.4 Å². The van der Waals surface area contributed by atoms with Gasteiger partial charge in [-0.2, -0.15) is 13.2 Å². The molecule has 0 spiro atoms. The minimum absolute atomic E-state index is 0.145. The quantitative estimate of drug-likeness (QED) is 0.573. The molecule has 0 bridgehead atoms. The molecule has 31 heavy (non-hydrogen) atoms. The maximum atomic E-state index is 14.7. The van der Waals surface area contributed by atoms with E-state index in [1.54, 1.807) is 26.2 Å². The van der Waals surface area contributed by atoms with Crippen molar-refractivity contribution in [1.82, 2.24) is 30.2 Å². The molecule has 0 aliphatic heterocycles. The SMILES string of the molecule is CC(C)[C@@](C)(C(=O)NCC(F)(F)F)N(C)c1nc(-c2c[nH]c3ncncc23)ncc1F. The van der Waals surface area contributed by atoms with E-state index in [0.717, 1.165) is 6.20 Å². The van der Waals surface area contributed by atoms with Gasteiger partial charge >= 0.3 is 6.18 Å². The standard InChI is InChI=1S/C19H21F4N7O/c1-10(2)18(3,17(31)27-8-19(21,22)23)30(4)16-13(20)7-26-15(29-16)12-6-25-14-11(12)5-24-9-28-14/h5-7,9-10H,8H2,1-4H3,(H,27,31)(H,24,25,28)/t18-/m0/s1. The van der Waals surface area contributed by atoms with Gasteiger partial charge in [0.1, 0.15) is 24.1 Å². The molecule has 1 atom stereocenters. The number of nitrogens with one attached hydrogen (secondary N) is 2. The summed E-state index contributed by atoms with van der Waals surface area (Å²) in [4.78, 5) is 33.2. The first-order chi connectivity index (χ1) is 14.4. The predicted octanol–water partition coefficient (Wildman–Crippen LogP) is 3.08. The zero-order valence-electron chi connectivity index (χ0n) is 17.3. The molecule has 3 heterocycles. The van der Waals surface area contributed by atoms with E-state index in [2.05, 4.69) is 24.9 Å². The molecule has 0 fully saturated rings. The van der Waals surface area contributed by atoms with Crippen LogP contribution in [-0.2, 0) is 4.79 Å². The monoisotopic (exact) mass is 439 g/mol. The fourth-order valence-corrected chi connectivity index (χ4v) is 3.15. The molecule has 2 N–H and O–H groups in total. The molecule has 0 aliphatic carbocycles. The Morgan fingerprint density at radius 2 is 1.97 bits per heavy atom. The highest BCUT2D eigenvalue weighted by atomic mass is 19.4. The van der Waals surface area contributed by atoms with Gasteiger partial charge in [-0.3, -0.25) is 4.79 Å². The van der Waals surface area contributed by atoms with Crippen molar-refractivity contribution in [3.63, 3.8) is 0 Å². The lowest BCUT2D eigenvalue weighted by Gasteiger charge is -2.41. The van der Waals surface area contributed by atoms with Gasteiger partial charge in [0.05, 0.1) is 6.20 Å². The molecule has 3 aromatic rings.